The van der Waals surface area contributed by atoms with Gasteiger partial charge in [0.05, 0.1) is 6.61 Å². The smallest absolute Gasteiger partial charge is 0.232 e. The fourth-order valence-corrected chi connectivity index (χ4v) is 2.46. The van der Waals surface area contributed by atoms with Gasteiger partial charge in [-0.1, -0.05) is 18.2 Å². The van der Waals surface area contributed by atoms with Crippen molar-refractivity contribution < 1.29 is 29.9 Å². The van der Waals surface area contributed by atoms with Crippen molar-refractivity contribution in [2.24, 2.45) is 0 Å². The molecule has 1 fully saturated rings. The van der Waals surface area contributed by atoms with Gasteiger partial charge in [0.25, 0.3) is 0 Å². The highest BCUT2D eigenvalue weighted by atomic mass is 16.7. The van der Waals surface area contributed by atoms with E-state index in [0.29, 0.717) is 5.75 Å². The van der Waals surface area contributed by atoms with Crippen LogP contribution in [0.5, 0.6) is 5.75 Å². The molecule has 6 heteroatoms. The Morgan fingerprint density at radius 2 is 1.62 bits per heavy atom. The molecule has 118 valence electrons. The number of aliphatic hydroxyl groups excluding tert-OH is 1. The number of rotatable bonds is 3. The number of aliphatic hydroxyl groups is 4. The first-order chi connectivity index (χ1) is 9.64. The first-order valence-electron chi connectivity index (χ1n) is 6.79. The highest BCUT2D eigenvalue weighted by Crippen LogP contribution is 2.44. The van der Waals surface area contributed by atoms with Gasteiger partial charge in [0, 0.05) is 0 Å². The van der Waals surface area contributed by atoms with Crippen molar-refractivity contribution in [3.8, 4) is 5.75 Å². The number of ether oxygens (including phenoxy) is 2. The predicted octanol–water partition coefficient (Wildman–Crippen LogP) is 0.0356. The normalized spacial score (nSPS) is 43.6. The third-order valence-electron chi connectivity index (χ3n) is 4.50. The number of benzene rings is 1. The van der Waals surface area contributed by atoms with Gasteiger partial charge in [-0.3, -0.25) is 0 Å². The average Bonchev–Trinajstić information content (AvgIpc) is 2.42. The van der Waals surface area contributed by atoms with Crippen molar-refractivity contribution in [3.05, 3.63) is 30.3 Å². The third kappa shape index (κ3) is 2.43. The molecule has 2 rings (SSSR count). The van der Waals surface area contributed by atoms with Gasteiger partial charge >= 0.3 is 0 Å². The van der Waals surface area contributed by atoms with Gasteiger partial charge in [-0.2, -0.15) is 0 Å². The summed E-state index contributed by atoms with van der Waals surface area (Å²) >= 11 is 0. The van der Waals surface area contributed by atoms with E-state index in [-0.39, 0.29) is 0 Å². The molecule has 0 aliphatic carbocycles. The van der Waals surface area contributed by atoms with Crippen LogP contribution in [0.3, 0.4) is 0 Å². The van der Waals surface area contributed by atoms with Crippen molar-refractivity contribution in [1.29, 1.82) is 0 Å². The number of para-hydroxylation sites is 1. The molecule has 1 aromatic rings. The lowest BCUT2D eigenvalue weighted by Crippen LogP contribution is -2.78. The molecule has 1 heterocycles. The van der Waals surface area contributed by atoms with Crippen LogP contribution in [0.15, 0.2) is 30.3 Å². The molecule has 4 N–H and O–H groups in total. The maximum atomic E-state index is 10.6. The summed E-state index contributed by atoms with van der Waals surface area (Å²) in [5.74, 6) is 0.441. The van der Waals surface area contributed by atoms with Crippen molar-refractivity contribution in [1.82, 2.24) is 0 Å². The van der Waals surface area contributed by atoms with Gasteiger partial charge in [0.1, 0.15) is 23.1 Å². The van der Waals surface area contributed by atoms with Crippen LogP contribution < -0.4 is 4.74 Å². The van der Waals surface area contributed by atoms with Crippen LogP contribution in [0, 0.1) is 0 Å². The van der Waals surface area contributed by atoms with E-state index in [1.807, 2.05) is 6.07 Å². The van der Waals surface area contributed by atoms with E-state index in [1.54, 1.807) is 24.3 Å². The Labute approximate surface area is 123 Å². The van der Waals surface area contributed by atoms with E-state index < -0.39 is 35.8 Å². The average molecular weight is 298 g/mol. The Morgan fingerprint density at radius 1 is 1.05 bits per heavy atom. The summed E-state index contributed by atoms with van der Waals surface area (Å²) in [5, 5.41) is 41.1. The molecule has 1 saturated heterocycles. The first kappa shape index (κ1) is 16.2. The Hall–Kier alpha value is -1.18. The van der Waals surface area contributed by atoms with Crippen LogP contribution in [0.25, 0.3) is 0 Å². The topological polar surface area (TPSA) is 99.4 Å². The summed E-state index contributed by atoms with van der Waals surface area (Å²) in [7, 11) is 0. The summed E-state index contributed by atoms with van der Waals surface area (Å²) < 4.78 is 11.1. The largest absolute Gasteiger partial charge is 0.462 e. The van der Waals surface area contributed by atoms with Crippen LogP contribution in [-0.2, 0) is 4.74 Å². The molecule has 0 radical (unpaired) electrons. The summed E-state index contributed by atoms with van der Waals surface area (Å²) in [6.45, 7) is 3.40. The van der Waals surface area contributed by atoms with Crippen molar-refractivity contribution >= 4 is 0 Å². The molecule has 0 aromatic heterocycles. The lowest BCUT2D eigenvalue weighted by molar-refractivity contribution is -0.376. The second-order valence-electron chi connectivity index (χ2n) is 5.94. The maximum Gasteiger partial charge on any atom is 0.232 e. The Kier molecular flexibility index (Phi) is 4.03. The van der Waals surface area contributed by atoms with Crippen molar-refractivity contribution in [2.45, 2.75) is 50.0 Å². The first-order valence-corrected chi connectivity index (χ1v) is 6.79. The molecule has 0 saturated carbocycles. The van der Waals surface area contributed by atoms with Crippen molar-refractivity contribution in [2.75, 3.05) is 6.61 Å². The molecule has 1 aromatic carbocycles. The third-order valence-corrected chi connectivity index (χ3v) is 4.50. The summed E-state index contributed by atoms with van der Waals surface area (Å²) in [5.41, 5.74) is -5.69. The van der Waals surface area contributed by atoms with Gasteiger partial charge in [0.15, 0.2) is 5.60 Å². The van der Waals surface area contributed by atoms with Crippen LogP contribution in [0.1, 0.15) is 20.8 Å². The zero-order valence-corrected chi connectivity index (χ0v) is 12.4. The minimum atomic E-state index is -1.95. The predicted molar refractivity (Wildman–Crippen MR) is 74.7 cm³/mol. The van der Waals surface area contributed by atoms with Gasteiger partial charge in [-0.25, -0.2) is 0 Å². The minimum absolute atomic E-state index is 0.441. The molecule has 0 bridgehead atoms. The lowest BCUT2D eigenvalue weighted by atomic mass is 9.68. The number of hydrogen-bond acceptors (Lipinski definition) is 6. The van der Waals surface area contributed by atoms with Gasteiger partial charge in [0.2, 0.25) is 6.29 Å². The van der Waals surface area contributed by atoms with E-state index in [4.69, 9.17) is 9.47 Å². The van der Waals surface area contributed by atoms with E-state index >= 15 is 0 Å². The Bertz CT molecular complexity index is 482. The summed E-state index contributed by atoms with van der Waals surface area (Å²) in [6.07, 6.45) is -2.34. The molecule has 0 amide bonds. The molecule has 1 aliphatic heterocycles. The molecule has 0 unspecified atom stereocenters. The van der Waals surface area contributed by atoms with Gasteiger partial charge < -0.3 is 29.9 Å². The minimum Gasteiger partial charge on any atom is -0.462 e. The summed E-state index contributed by atoms with van der Waals surface area (Å²) in [6, 6.07) is 8.67. The van der Waals surface area contributed by atoms with Crippen LogP contribution in [-0.4, -0.2) is 56.2 Å². The number of hydrogen-bond donors (Lipinski definition) is 4. The quantitative estimate of drug-likeness (QED) is 0.628. The van der Waals surface area contributed by atoms with Crippen LogP contribution in [0.2, 0.25) is 0 Å². The van der Waals surface area contributed by atoms with Crippen molar-refractivity contribution in [3.63, 3.8) is 0 Å². The zero-order valence-electron chi connectivity index (χ0n) is 12.4. The van der Waals surface area contributed by atoms with Crippen LogP contribution in [0.4, 0.5) is 0 Å². The van der Waals surface area contributed by atoms with Gasteiger partial charge in [-0.05, 0) is 32.9 Å². The Balaban J connectivity index is 2.34. The fraction of sp³-hybridized carbons (Fsp3) is 0.600. The molecular formula is C15H22O6. The monoisotopic (exact) mass is 298 g/mol. The molecular weight excluding hydrogens is 276 g/mol. The van der Waals surface area contributed by atoms with E-state index in [2.05, 4.69) is 0 Å². The highest BCUT2D eigenvalue weighted by molar-refractivity contribution is 5.23. The van der Waals surface area contributed by atoms with Gasteiger partial charge in [-0.15, -0.1) is 0 Å². The maximum absolute atomic E-state index is 10.6. The molecule has 0 spiro atoms. The van der Waals surface area contributed by atoms with E-state index in [9.17, 15) is 20.4 Å². The lowest BCUT2D eigenvalue weighted by Gasteiger charge is -2.56. The standard InChI is InChI=1S/C15H22O6/c1-13(17)11(9-16)21-12(14(2,18)15(13,3)19)20-10-7-5-4-6-8-10/h4-8,11-12,16-19H,9H2,1-3H3/t11-,12-,13+,14-,15+/m1/s1. The molecule has 6 nitrogen and oxygen atoms in total. The Morgan fingerprint density at radius 3 is 2.14 bits per heavy atom. The fourth-order valence-electron chi connectivity index (χ4n) is 2.46. The second kappa shape index (κ2) is 5.23. The van der Waals surface area contributed by atoms with E-state index in [0.717, 1.165) is 0 Å². The zero-order chi connectivity index (χ0) is 15.9. The molecule has 1 aliphatic rings. The SMILES string of the molecule is C[C@]1(O)[C@@](C)(O)[C@@H](CO)O[C@@H](Oc2ccccc2)[C@@]1(C)O. The van der Waals surface area contributed by atoms with Crippen LogP contribution >= 0.6 is 0 Å². The highest BCUT2D eigenvalue weighted by Gasteiger charge is 2.66. The molecule has 21 heavy (non-hydrogen) atoms. The van der Waals surface area contributed by atoms with E-state index in [1.165, 1.54) is 20.8 Å². The second-order valence-corrected chi connectivity index (χ2v) is 5.94. The molecule has 5 atom stereocenters. The summed E-state index contributed by atoms with van der Waals surface area (Å²) in [4.78, 5) is 0.